The molecule has 3 aromatic rings. The lowest BCUT2D eigenvalue weighted by Gasteiger charge is -2.26. The van der Waals surface area contributed by atoms with Crippen LogP contribution in [0, 0.1) is 5.92 Å². The van der Waals surface area contributed by atoms with Gasteiger partial charge in [0.25, 0.3) is 5.91 Å². The minimum Gasteiger partial charge on any atom is -0.378 e. The van der Waals surface area contributed by atoms with Crippen LogP contribution in [0.15, 0.2) is 47.9 Å². The normalized spacial score (nSPS) is 17.7. The van der Waals surface area contributed by atoms with Crippen LogP contribution in [-0.2, 0) is 11.3 Å². The molecule has 0 bridgehead atoms. The first-order valence-electron chi connectivity index (χ1n) is 11.7. The van der Waals surface area contributed by atoms with Gasteiger partial charge in [-0.05, 0) is 42.5 Å². The van der Waals surface area contributed by atoms with Gasteiger partial charge >= 0.3 is 0 Å². The van der Waals surface area contributed by atoms with E-state index in [9.17, 15) is 4.79 Å². The van der Waals surface area contributed by atoms with E-state index in [1.54, 1.807) is 6.20 Å². The lowest BCUT2D eigenvalue weighted by atomic mass is 9.91. The maximum atomic E-state index is 12.7. The number of morpholine rings is 1. The van der Waals surface area contributed by atoms with Crippen molar-refractivity contribution in [1.82, 2.24) is 19.4 Å². The molecule has 7 heteroatoms. The second kappa shape index (κ2) is 10.0. The highest BCUT2D eigenvalue weighted by Gasteiger charge is 2.19. The lowest BCUT2D eigenvalue weighted by molar-refractivity contribution is 0.0303. The van der Waals surface area contributed by atoms with Gasteiger partial charge in [0.05, 0.1) is 37.0 Å². The van der Waals surface area contributed by atoms with Crippen molar-refractivity contribution in [1.29, 1.82) is 0 Å². The smallest absolute Gasteiger partial charge is 0.254 e. The molecule has 0 unspecified atom stereocenters. The number of ether oxygens (including phenoxy) is 1. The summed E-state index contributed by atoms with van der Waals surface area (Å²) >= 11 is 1.88. The van der Waals surface area contributed by atoms with Gasteiger partial charge in [0.15, 0.2) is 5.16 Å². The second-order valence-corrected chi connectivity index (χ2v) is 9.75. The number of thioether (sulfide) groups is 1. The molecule has 2 fully saturated rings. The monoisotopic (exact) mass is 450 g/mol. The summed E-state index contributed by atoms with van der Waals surface area (Å²) in [4.78, 5) is 23.9. The molecule has 1 saturated carbocycles. The highest BCUT2D eigenvalue weighted by molar-refractivity contribution is 7.99. The molecule has 0 N–H and O–H groups in total. The first-order chi connectivity index (χ1) is 15.8. The quantitative estimate of drug-likeness (QED) is 0.513. The van der Waals surface area contributed by atoms with Gasteiger partial charge in [0, 0.05) is 30.6 Å². The van der Waals surface area contributed by atoms with E-state index in [-0.39, 0.29) is 5.91 Å². The third-order valence-corrected chi connectivity index (χ3v) is 7.74. The molecule has 1 amide bonds. The molecule has 2 aliphatic rings. The molecule has 0 atom stereocenters. The maximum absolute atomic E-state index is 12.7. The molecule has 6 nitrogen and oxygen atoms in total. The van der Waals surface area contributed by atoms with Crippen molar-refractivity contribution in [3.8, 4) is 0 Å². The number of pyridine rings is 1. The van der Waals surface area contributed by atoms with Crippen LogP contribution >= 0.6 is 11.8 Å². The van der Waals surface area contributed by atoms with E-state index in [0.717, 1.165) is 45.5 Å². The van der Waals surface area contributed by atoms with Gasteiger partial charge in [-0.2, -0.15) is 0 Å². The molecule has 32 heavy (non-hydrogen) atoms. The number of carbonyl (C=O) groups excluding carboxylic acids is 1. The summed E-state index contributed by atoms with van der Waals surface area (Å²) in [6.07, 6.45) is 10.5. The van der Waals surface area contributed by atoms with Crippen LogP contribution in [0.25, 0.3) is 11.0 Å². The number of rotatable bonds is 6. The zero-order valence-electron chi connectivity index (χ0n) is 18.4. The van der Waals surface area contributed by atoms with Crippen molar-refractivity contribution < 1.29 is 9.53 Å². The number of fused-ring (bicyclic) bond motifs is 1. The molecular weight excluding hydrogens is 420 g/mol. The lowest BCUT2D eigenvalue weighted by Crippen LogP contribution is -2.40. The first-order valence-corrected chi connectivity index (χ1v) is 12.7. The Bertz CT molecular complexity index is 1050. The Morgan fingerprint density at radius 1 is 1.06 bits per heavy atom. The highest BCUT2D eigenvalue weighted by Crippen LogP contribution is 2.31. The van der Waals surface area contributed by atoms with Crippen LogP contribution in [0.4, 0.5) is 0 Å². The number of aromatic nitrogens is 3. The minimum atomic E-state index is 0.0841. The maximum Gasteiger partial charge on any atom is 0.254 e. The Hall–Kier alpha value is -2.38. The van der Waals surface area contributed by atoms with Crippen molar-refractivity contribution in [2.75, 3.05) is 32.1 Å². The van der Waals surface area contributed by atoms with Gasteiger partial charge in [-0.1, -0.05) is 43.2 Å². The molecule has 168 valence electrons. The van der Waals surface area contributed by atoms with Crippen LogP contribution in [0.1, 0.15) is 48.0 Å². The van der Waals surface area contributed by atoms with E-state index >= 15 is 0 Å². The molecular formula is C25H30N4O2S. The Morgan fingerprint density at radius 3 is 2.62 bits per heavy atom. The fraction of sp³-hybridized carbons (Fsp3) is 0.480. The predicted octanol–water partition coefficient (Wildman–Crippen LogP) is 4.62. The molecule has 3 heterocycles. The van der Waals surface area contributed by atoms with Gasteiger partial charge in [0.1, 0.15) is 0 Å². The largest absolute Gasteiger partial charge is 0.378 e. The topological polar surface area (TPSA) is 60.2 Å². The first kappa shape index (κ1) is 21.5. The number of carbonyl (C=O) groups is 1. The molecule has 2 aromatic heterocycles. The summed E-state index contributed by atoms with van der Waals surface area (Å²) in [6, 6.07) is 10.00. The Morgan fingerprint density at radius 2 is 1.84 bits per heavy atom. The molecule has 1 aliphatic carbocycles. The van der Waals surface area contributed by atoms with Gasteiger partial charge in [-0.25, -0.2) is 4.98 Å². The highest BCUT2D eigenvalue weighted by atomic mass is 32.2. The minimum absolute atomic E-state index is 0.0841. The van der Waals surface area contributed by atoms with Gasteiger partial charge in [-0.3, -0.25) is 9.78 Å². The summed E-state index contributed by atoms with van der Waals surface area (Å²) in [5, 5.41) is 1.06. The third kappa shape index (κ3) is 4.84. The van der Waals surface area contributed by atoms with Crippen LogP contribution in [0.2, 0.25) is 0 Å². The van der Waals surface area contributed by atoms with Crippen LogP contribution in [0.3, 0.4) is 0 Å². The summed E-state index contributed by atoms with van der Waals surface area (Å²) in [5.74, 6) is 2.01. The number of hydrogen-bond donors (Lipinski definition) is 0. The summed E-state index contributed by atoms with van der Waals surface area (Å²) in [6.45, 7) is 3.29. The average Bonchev–Trinajstić information content (AvgIpc) is 3.21. The predicted molar refractivity (Wildman–Crippen MR) is 127 cm³/mol. The number of hydrogen-bond acceptors (Lipinski definition) is 5. The molecule has 5 rings (SSSR count). The van der Waals surface area contributed by atoms with E-state index in [1.165, 1.54) is 32.1 Å². The number of benzene rings is 1. The number of imidazole rings is 1. The molecule has 1 aromatic carbocycles. The van der Waals surface area contributed by atoms with Gasteiger partial charge < -0.3 is 14.2 Å². The standard InChI is InChI=1S/C25H30N4O2S/c30-24(28-12-14-31-15-13-28)21-8-6-19(7-9-21)17-29-23-16-26-11-10-22(23)27-25(29)32-18-20-4-2-1-3-5-20/h6-11,16,20H,1-5,12-15,17-18H2. The summed E-state index contributed by atoms with van der Waals surface area (Å²) < 4.78 is 7.63. The van der Waals surface area contributed by atoms with E-state index in [1.807, 2.05) is 41.1 Å². The molecule has 0 radical (unpaired) electrons. The van der Waals surface area contributed by atoms with Gasteiger partial charge in [-0.15, -0.1) is 0 Å². The number of amides is 1. The summed E-state index contributed by atoms with van der Waals surface area (Å²) in [7, 11) is 0. The van der Waals surface area contributed by atoms with E-state index in [2.05, 4.69) is 21.7 Å². The van der Waals surface area contributed by atoms with E-state index in [4.69, 9.17) is 9.72 Å². The average molecular weight is 451 g/mol. The van der Waals surface area contributed by atoms with Crippen molar-refractivity contribution in [2.24, 2.45) is 5.92 Å². The molecule has 0 spiro atoms. The van der Waals surface area contributed by atoms with Crippen LogP contribution in [0.5, 0.6) is 0 Å². The zero-order valence-corrected chi connectivity index (χ0v) is 19.2. The van der Waals surface area contributed by atoms with Crippen molar-refractivity contribution >= 4 is 28.7 Å². The van der Waals surface area contributed by atoms with Crippen LogP contribution in [-0.4, -0.2) is 57.4 Å². The zero-order chi connectivity index (χ0) is 21.8. The van der Waals surface area contributed by atoms with E-state index < -0.39 is 0 Å². The summed E-state index contributed by atoms with van der Waals surface area (Å²) in [5.41, 5.74) is 3.95. The third-order valence-electron chi connectivity index (χ3n) is 6.53. The van der Waals surface area contributed by atoms with Crippen molar-refractivity contribution in [2.45, 2.75) is 43.8 Å². The molecule has 1 saturated heterocycles. The van der Waals surface area contributed by atoms with E-state index in [0.29, 0.717) is 26.3 Å². The van der Waals surface area contributed by atoms with Crippen molar-refractivity contribution in [3.05, 3.63) is 53.9 Å². The Kier molecular flexibility index (Phi) is 6.74. The Labute approximate surface area is 193 Å². The fourth-order valence-corrected chi connectivity index (χ4v) is 5.84. The Balaban J connectivity index is 1.33. The SMILES string of the molecule is O=C(c1ccc(Cn2c(SCC3CCCCC3)nc3ccncc32)cc1)N1CCOCC1. The van der Waals surface area contributed by atoms with Crippen molar-refractivity contribution in [3.63, 3.8) is 0 Å². The van der Waals surface area contributed by atoms with Crippen LogP contribution < -0.4 is 0 Å². The fourth-order valence-electron chi connectivity index (χ4n) is 4.64. The second-order valence-electron chi connectivity index (χ2n) is 8.76. The number of nitrogens with zero attached hydrogens (tertiary/aromatic N) is 4. The van der Waals surface area contributed by atoms with Gasteiger partial charge in [0.2, 0.25) is 0 Å². The molecule has 1 aliphatic heterocycles.